The van der Waals surface area contributed by atoms with Gasteiger partial charge in [-0.15, -0.1) is 0 Å². The highest BCUT2D eigenvalue weighted by Gasteiger charge is 2.27. The van der Waals surface area contributed by atoms with Crippen LogP contribution < -0.4 is 0 Å². The molecule has 0 amide bonds. The third-order valence-corrected chi connectivity index (χ3v) is 9.72. The van der Waals surface area contributed by atoms with Crippen LogP contribution in [0.1, 0.15) is 181 Å². The van der Waals surface area contributed by atoms with Gasteiger partial charge in [0.15, 0.2) is 6.10 Å². The van der Waals surface area contributed by atoms with Crippen LogP contribution >= 0.6 is 7.82 Å². The largest absolute Gasteiger partial charge is 0.472 e. The second-order valence-corrected chi connectivity index (χ2v) is 15.5. The number of hydrogen-bond acceptors (Lipinski definition) is 9. The predicted molar refractivity (Wildman–Crippen MR) is 214 cm³/mol. The third kappa shape index (κ3) is 38.3. The van der Waals surface area contributed by atoms with Gasteiger partial charge in [0.25, 0.3) is 0 Å². The molecule has 3 N–H and O–H groups in total. The van der Waals surface area contributed by atoms with Crippen molar-refractivity contribution in [2.75, 3.05) is 26.4 Å². The Morgan fingerprint density at radius 3 is 1.51 bits per heavy atom. The molecule has 0 fully saturated rings. The standard InChI is InChI=1S/C42H77O10P/c1-3-5-7-9-11-13-15-17-19-21-23-25-27-29-31-33-41(45)49-37-40(38-51-53(47,48)50-36-39(44)35-43)52-42(46)34-32-30-28-26-24-22-20-18-16-14-12-10-8-6-4-2/h12-15,18,20,39-40,43-44H,3-11,16-17,19,21-38H2,1-2H3,(H,47,48). The molecular formula is C42H77O10P. The van der Waals surface area contributed by atoms with Crippen molar-refractivity contribution in [3.05, 3.63) is 36.5 Å². The minimum atomic E-state index is -4.62. The summed E-state index contributed by atoms with van der Waals surface area (Å²) in [5.41, 5.74) is 0. The van der Waals surface area contributed by atoms with Crippen LogP contribution in [-0.2, 0) is 32.7 Å². The number of ether oxygens (including phenoxy) is 2. The monoisotopic (exact) mass is 773 g/mol. The van der Waals surface area contributed by atoms with E-state index < -0.39 is 51.8 Å². The Balaban J connectivity index is 4.35. The minimum absolute atomic E-state index is 0.167. The molecule has 0 aromatic rings. The summed E-state index contributed by atoms with van der Waals surface area (Å²) in [7, 11) is -4.62. The van der Waals surface area contributed by atoms with Crippen LogP contribution in [0.25, 0.3) is 0 Å². The Hall–Kier alpha value is -1.81. The number of aliphatic hydroxyl groups is 2. The van der Waals surface area contributed by atoms with Gasteiger partial charge in [-0.2, -0.15) is 0 Å². The summed E-state index contributed by atoms with van der Waals surface area (Å²) in [6.45, 7) is 2.32. The molecule has 0 aliphatic carbocycles. The molecule has 0 rings (SSSR count). The van der Waals surface area contributed by atoms with E-state index in [2.05, 4.69) is 54.8 Å². The number of phosphoric acid groups is 1. The topological polar surface area (TPSA) is 149 Å². The number of esters is 2. The molecule has 0 heterocycles. The van der Waals surface area contributed by atoms with Crippen molar-refractivity contribution < 1.29 is 47.8 Å². The lowest BCUT2D eigenvalue weighted by molar-refractivity contribution is -0.161. The SMILES string of the molecule is CCCCCC=CCC=CCCCCCCCC(=O)OC(COC(=O)CCCCCCCCCC=CCCCCCC)COP(=O)(O)OCC(O)CO. The molecule has 3 unspecified atom stereocenters. The minimum Gasteiger partial charge on any atom is -0.462 e. The molecule has 0 aliphatic rings. The number of carbonyl (C=O) groups excluding carboxylic acids is 2. The normalized spacial score (nSPS) is 14.3. The molecular weight excluding hydrogens is 695 g/mol. The van der Waals surface area contributed by atoms with Gasteiger partial charge in [-0.25, -0.2) is 4.57 Å². The summed E-state index contributed by atoms with van der Waals surface area (Å²) >= 11 is 0. The molecule has 0 aromatic heterocycles. The molecule has 0 spiro atoms. The number of carbonyl (C=O) groups is 2. The number of rotatable bonds is 39. The number of allylic oxidation sites excluding steroid dienone is 6. The first kappa shape index (κ1) is 51.2. The van der Waals surface area contributed by atoms with E-state index >= 15 is 0 Å². The molecule has 0 aromatic carbocycles. The summed E-state index contributed by atoms with van der Waals surface area (Å²) in [6, 6.07) is 0. The van der Waals surface area contributed by atoms with E-state index in [1.54, 1.807) is 0 Å². The van der Waals surface area contributed by atoms with Crippen molar-refractivity contribution >= 4 is 19.8 Å². The fourth-order valence-corrected chi connectivity index (χ4v) is 6.28. The highest BCUT2D eigenvalue weighted by atomic mass is 31.2. The first-order chi connectivity index (χ1) is 25.7. The predicted octanol–water partition coefficient (Wildman–Crippen LogP) is 10.8. The van der Waals surface area contributed by atoms with Gasteiger partial charge in [0.05, 0.1) is 19.8 Å². The lowest BCUT2D eigenvalue weighted by Gasteiger charge is -2.20. The molecule has 53 heavy (non-hydrogen) atoms. The molecule has 10 nitrogen and oxygen atoms in total. The highest BCUT2D eigenvalue weighted by Crippen LogP contribution is 2.43. The molecule has 0 radical (unpaired) electrons. The average Bonchev–Trinajstić information content (AvgIpc) is 3.14. The van der Waals surface area contributed by atoms with Gasteiger partial charge in [-0.3, -0.25) is 18.6 Å². The summed E-state index contributed by atoms with van der Waals surface area (Å²) in [5, 5.41) is 18.3. The molecule has 0 saturated heterocycles. The molecule has 310 valence electrons. The molecule has 11 heteroatoms. The van der Waals surface area contributed by atoms with E-state index in [4.69, 9.17) is 19.1 Å². The van der Waals surface area contributed by atoms with Crippen molar-refractivity contribution in [2.24, 2.45) is 0 Å². The van der Waals surface area contributed by atoms with Crippen molar-refractivity contribution in [3.8, 4) is 0 Å². The Morgan fingerprint density at radius 1 is 0.566 bits per heavy atom. The third-order valence-electron chi connectivity index (χ3n) is 8.77. The van der Waals surface area contributed by atoms with Gasteiger partial charge in [-0.1, -0.05) is 134 Å². The molecule has 0 bridgehead atoms. The smallest absolute Gasteiger partial charge is 0.462 e. The van der Waals surface area contributed by atoms with Crippen molar-refractivity contribution in [3.63, 3.8) is 0 Å². The molecule has 3 atom stereocenters. The van der Waals surface area contributed by atoms with Gasteiger partial charge in [-0.05, 0) is 70.6 Å². The van der Waals surface area contributed by atoms with E-state index in [0.29, 0.717) is 12.8 Å². The number of phosphoric ester groups is 1. The van der Waals surface area contributed by atoms with Crippen LogP contribution in [0.5, 0.6) is 0 Å². The molecule has 0 aliphatic heterocycles. The van der Waals surface area contributed by atoms with Gasteiger partial charge in [0, 0.05) is 12.8 Å². The zero-order valence-corrected chi connectivity index (χ0v) is 34.4. The first-order valence-electron chi connectivity index (χ1n) is 20.9. The second-order valence-electron chi connectivity index (χ2n) is 14.0. The van der Waals surface area contributed by atoms with E-state index in [0.717, 1.165) is 70.6 Å². The van der Waals surface area contributed by atoms with E-state index in [1.807, 2.05) is 0 Å². The molecule has 0 saturated carbocycles. The first-order valence-corrected chi connectivity index (χ1v) is 22.4. The fraction of sp³-hybridized carbons (Fsp3) is 0.810. The zero-order valence-electron chi connectivity index (χ0n) is 33.5. The number of hydrogen-bond donors (Lipinski definition) is 3. The second kappa shape index (κ2) is 38.5. The maximum absolute atomic E-state index is 12.6. The maximum atomic E-state index is 12.6. The van der Waals surface area contributed by atoms with E-state index in [1.165, 1.54) is 70.6 Å². The Bertz CT molecular complexity index is 983. The Labute approximate surface area is 322 Å². The zero-order chi connectivity index (χ0) is 39.1. The van der Waals surface area contributed by atoms with Gasteiger partial charge in [0.1, 0.15) is 12.7 Å². The Morgan fingerprint density at radius 2 is 0.981 bits per heavy atom. The summed E-state index contributed by atoms with van der Waals surface area (Å²) < 4.78 is 32.7. The van der Waals surface area contributed by atoms with Crippen molar-refractivity contribution in [1.82, 2.24) is 0 Å². The lowest BCUT2D eigenvalue weighted by Crippen LogP contribution is -2.29. The Kier molecular flexibility index (Phi) is 37.2. The van der Waals surface area contributed by atoms with Crippen molar-refractivity contribution in [2.45, 2.75) is 193 Å². The highest BCUT2D eigenvalue weighted by molar-refractivity contribution is 7.47. The van der Waals surface area contributed by atoms with Crippen LogP contribution in [0.2, 0.25) is 0 Å². The van der Waals surface area contributed by atoms with Crippen LogP contribution in [0, 0.1) is 0 Å². The van der Waals surface area contributed by atoms with E-state index in [-0.39, 0.29) is 19.4 Å². The van der Waals surface area contributed by atoms with Crippen molar-refractivity contribution in [1.29, 1.82) is 0 Å². The lowest BCUT2D eigenvalue weighted by atomic mass is 10.1. The van der Waals surface area contributed by atoms with Gasteiger partial charge >= 0.3 is 19.8 Å². The average molecular weight is 773 g/mol. The number of unbranched alkanes of at least 4 members (excludes halogenated alkanes) is 19. The van der Waals surface area contributed by atoms with Crippen LogP contribution in [0.15, 0.2) is 36.5 Å². The van der Waals surface area contributed by atoms with Gasteiger partial charge < -0.3 is 24.6 Å². The van der Waals surface area contributed by atoms with Crippen LogP contribution in [0.3, 0.4) is 0 Å². The van der Waals surface area contributed by atoms with Gasteiger partial charge in [0.2, 0.25) is 0 Å². The summed E-state index contributed by atoms with van der Waals surface area (Å²) in [6.07, 6.45) is 38.2. The quantitative estimate of drug-likeness (QED) is 0.0238. The number of aliphatic hydroxyl groups excluding tert-OH is 2. The summed E-state index contributed by atoms with van der Waals surface area (Å²) in [5.74, 6) is -0.945. The summed E-state index contributed by atoms with van der Waals surface area (Å²) in [4.78, 5) is 34.9. The van der Waals surface area contributed by atoms with Crippen LogP contribution in [0.4, 0.5) is 0 Å². The maximum Gasteiger partial charge on any atom is 0.472 e. The van der Waals surface area contributed by atoms with E-state index in [9.17, 15) is 24.2 Å². The van der Waals surface area contributed by atoms with Crippen LogP contribution in [-0.4, -0.2) is 65.7 Å². The fourth-order valence-electron chi connectivity index (χ4n) is 5.49.